The summed E-state index contributed by atoms with van der Waals surface area (Å²) in [5, 5.41) is 5.11. The molecule has 1 amide bonds. The molecule has 132 valence electrons. The van der Waals surface area contributed by atoms with Gasteiger partial charge in [0.2, 0.25) is 0 Å². The molecule has 3 rings (SSSR count). The first-order valence-corrected chi connectivity index (χ1v) is 9.03. The largest absolute Gasteiger partial charge is 0.455 e. The second-order valence-corrected chi connectivity index (χ2v) is 7.00. The van der Waals surface area contributed by atoms with Gasteiger partial charge in [-0.2, -0.15) is 0 Å². The highest BCUT2D eigenvalue weighted by Gasteiger charge is 2.20. The van der Waals surface area contributed by atoms with Gasteiger partial charge >= 0.3 is 5.97 Å². The van der Waals surface area contributed by atoms with Crippen LogP contribution in [0.1, 0.15) is 38.2 Å². The molecule has 1 aliphatic rings. The van der Waals surface area contributed by atoms with E-state index in [2.05, 4.69) is 12.2 Å². The summed E-state index contributed by atoms with van der Waals surface area (Å²) < 4.78 is 5.17. The Kier molecular flexibility index (Phi) is 5.69. The minimum Gasteiger partial charge on any atom is -0.455 e. The lowest BCUT2D eigenvalue weighted by Gasteiger charge is -2.26. The van der Waals surface area contributed by atoms with Gasteiger partial charge in [-0.15, -0.1) is 0 Å². The summed E-state index contributed by atoms with van der Waals surface area (Å²) >= 11 is 0. The molecule has 1 saturated carbocycles. The molecule has 0 bridgehead atoms. The van der Waals surface area contributed by atoms with Crippen LogP contribution >= 0.6 is 0 Å². The fraction of sp³-hybridized carbons (Fsp3) is 0.429. The molecule has 0 radical (unpaired) electrons. The lowest BCUT2D eigenvalue weighted by atomic mass is 9.87. The smallest absolute Gasteiger partial charge is 0.310 e. The summed E-state index contributed by atoms with van der Waals surface area (Å²) in [4.78, 5) is 24.1. The van der Waals surface area contributed by atoms with Crippen LogP contribution in [-0.4, -0.2) is 24.5 Å². The molecule has 0 spiro atoms. The molecule has 0 aromatic heterocycles. The van der Waals surface area contributed by atoms with Gasteiger partial charge in [-0.25, -0.2) is 0 Å². The van der Waals surface area contributed by atoms with E-state index in [1.807, 2.05) is 42.5 Å². The SMILES string of the molecule is CC1CCC(NC(=O)COC(=O)Cc2cccc3ccccc23)CC1. The number of benzene rings is 2. The monoisotopic (exact) mass is 339 g/mol. The van der Waals surface area contributed by atoms with E-state index in [0.717, 1.165) is 47.9 Å². The Hall–Kier alpha value is -2.36. The first-order valence-electron chi connectivity index (χ1n) is 9.03. The zero-order chi connectivity index (χ0) is 17.6. The van der Waals surface area contributed by atoms with Crippen molar-refractivity contribution in [3.8, 4) is 0 Å². The Balaban J connectivity index is 1.48. The van der Waals surface area contributed by atoms with Crippen molar-refractivity contribution in [1.82, 2.24) is 5.32 Å². The first kappa shape index (κ1) is 17.5. The molecule has 2 aromatic carbocycles. The molecular formula is C21H25NO3. The van der Waals surface area contributed by atoms with Gasteiger partial charge in [0.15, 0.2) is 6.61 Å². The minimum absolute atomic E-state index is 0.176. The summed E-state index contributed by atoms with van der Waals surface area (Å²) in [5.74, 6) is 0.168. The van der Waals surface area contributed by atoms with Gasteiger partial charge in [-0.3, -0.25) is 9.59 Å². The van der Waals surface area contributed by atoms with E-state index < -0.39 is 0 Å². The molecule has 1 N–H and O–H groups in total. The second kappa shape index (κ2) is 8.15. The van der Waals surface area contributed by atoms with Gasteiger partial charge in [-0.1, -0.05) is 49.4 Å². The molecule has 4 nitrogen and oxygen atoms in total. The van der Waals surface area contributed by atoms with Gasteiger partial charge in [0, 0.05) is 6.04 Å². The van der Waals surface area contributed by atoms with Crippen LogP contribution in [-0.2, 0) is 20.7 Å². The lowest BCUT2D eigenvalue weighted by Crippen LogP contribution is -2.39. The molecule has 0 unspecified atom stereocenters. The summed E-state index contributed by atoms with van der Waals surface area (Å²) in [6.07, 6.45) is 4.49. The molecule has 4 heteroatoms. The molecular weight excluding hydrogens is 314 g/mol. The number of esters is 1. The maximum absolute atomic E-state index is 12.1. The average Bonchev–Trinajstić information content (AvgIpc) is 2.62. The molecule has 1 aliphatic carbocycles. The van der Waals surface area contributed by atoms with Crippen molar-refractivity contribution in [2.75, 3.05) is 6.61 Å². The topological polar surface area (TPSA) is 55.4 Å². The van der Waals surface area contributed by atoms with Crippen LogP contribution in [0.4, 0.5) is 0 Å². The van der Waals surface area contributed by atoms with Gasteiger partial charge < -0.3 is 10.1 Å². The quantitative estimate of drug-likeness (QED) is 0.847. The summed E-state index contributed by atoms with van der Waals surface area (Å²) in [7, 11) is 0. The van der Waals surface area contributed by atoms with Crippen molar-refractivity contribution in [1.29, 1.82) is 0 Å². The zero-order valence-corrected chi connectivity index (χ0v) is 14.7. The molecule has 0 heterocycles. The van der Waals surface area contributed by atoms with Crippen LogP contribution in [0.2, 0.25) is 0 Å². The van der Waals surface area contributed by atoms with E-state index in [1.54, 1.807) is 0 Å². The van der Waals surface area contributed by atoms with E-state index in [9.17, 15) is 9.59 Å². The van der Waals surface area contributed by atoms with Gasteiger partial charge in [-0.05, 0) is 47.9 Å². The lowest BCUT2D eigenvalue weighted by molar-refractivity contribution is -0.148. The van der Waals surface area contributed by atoms with Crippen molar-refractivity contribution in [2.24, 2.45) is 5.92 Å². The molecule has 0 atom stereocenters. The van der Waals surface area contributed by atoms with Crippen LogP contribution in [0.25, 0.3) is 10.8 Å². The first-order chi connectivity index (χ1) is 12.1. The van der Waals surface area contributed by atoms with Crippen molar-refractivity contribution < 1.29 is 14.3 Å². The van der Waals surface area contributed by atoms with Crippen molar-refractivity contribution in [3.63, 3.8) is 0 Å². The van der Waals surface area contributed by atoms with E-state index in [4.69, 9.17) is 4.74 Å². The van der Waals surface area contributed by atoms with E-state index in [-0.39, 0.29) is 30.9 Å². The van der Waals surface area contributed by atoms with E-state index in [1.165, 1.54) is 0 Å². The summed E-state index contributed by atoms with van der Waals surface area (Å²) in [5.41, 5.74) is 0.921. The van der Waals surface area contributed by atoms with Crippen LogP contribution in [0, 0.1) is 5.92 Å². The maximum Gasteiger partial charge on any atom is 0.310 e. The summed E-state index contributed by atoms with van der Waals surface area (Å²) in [6.45, 7) is 2.04. The highest BCUT2D eigenvalue weighted by molar-refractivity contribution is 5.89. The Morgan fingerprint density at radius 3 is 2.56 bits per heavy atom. The van der Waals surface area contributed by atoms with Crippen LogP contribution < -0.4 is 5.32 Å². The Morgan fingerprint density at radius 2 is 1.76 bits per heavy atom. The van der Waals surface area contributed by atoms with Gasteiger partial charge in [0.25, 0.3) is 5.91 Å². The van der Waals surface area contributed by atoms with Crippen molar-refractivity contribution in [2.45, 2.75) is 45.1 Å². The number of hydrogen-bond acceptors (Lipinski definition) is 3. The Morgan fingerprint density at radius 1 is 1.04 bits per heavy atom. The minimum atomic E-state index is -0.372. The highest BCUT2D eigenvalue weighted by atomic mass is 16.5. The predicted molar refractivity (Wildman–Crippen MR) is 98.2 cm³/mol. The van der Waals surface area contributed by atoms with Crippen molar-refractivity contribution in [3.05, 3.63) is 48.0 Å². The van der Waals surface area contributed by atoms with E-state index >= 15 is 0 Å². The molecule has 25 heavy (non-hydrogen) atoms. The molecule has 0 aliphatic heterocycles. The van der Waals surface area contributed by atoms with E-state index in [0.29, 0.717) is 0 Å². The van der Waals surface area contributed by atoms with Crippen LogP contribution in [0.5, 0.6) is 0 Å². The number of hydrogen-bond donors (Lipinski definition) is 1. The predicted octanol–water partition coefficient (Wildman–Crippen LogP) is 3.62. The van der Waals surface area contributed by atoms with Crippen molar-refractivity contribution >= 4 is 22.6 Å². The number of nitrogens with one attached hydrogen (secondary N) is 1. The van der Waals surface area contributed by atoms with Crippen LogP contribution in [0.15, 0.2) is 42.5 Å². The number of ether oxygens (including phenoxy) is 1. The van der Waals surface area contributed by atoms with Gasteiger partial charge in [0.1, 0.15) is 0 Å². The Labute approximate surface area is 148 Å². The van der Waals surface area contributed by atoms with Crippen LogP contribution in [0.3, 0.4) is 0 Å². The normalized spacial score (nSPS) is 20.2. The number of fused-ring (bicyclic) bond motifs is 1. The number of amides is 1. The standard InChI is InChI=1S/C21H25NO3/c1-15-9-11-18(12-10-15)22-20(23)14-25-21(24)13-17-7-4-6-16-5-2-3-8-19(16)17/h2-8,15,18H,9-14H2,1H3,(H,22,23). The number of carbonyl (C=O) groups is 2. The molecule has 0 saturated heterocycles. The highest BCUT2D eigenvalue weighted by Crippen LogP contribution is 2.23. The summed E-state index contributed by atoms with van der Waals surface area (Å²) in [6, 6.07) is 14.0. The maximum atomic E-state index is 12.1. The zero-order valence-electron chi connectivity index (χ0n) is 14.7. The molecule has 2 aromatic rings. The number of carbonyl (C=O) groups excluding carboxylic acids is 2. The third-order valence-corrected chi connectivity index (χ3v) is 4.96. The number of rotatable bonds is 5. The Bertz CT molecular complexity index is 742. The fourth-order valence-electron chi connectivity index (χ4n) is 3.47. The fourth-order valence-corrected chi connectivity index (χ4v) is 3.47. The second-order valence-electron chi connectivity index (χ2n) is 7.00. The van der Waals surface area contributed by atoms with Gasteiger partial charge in [0.05, 0.1) is 6.42 Å². The third kappa shape index (κ3) is 4.81. The average molecular weight is 339 g/mol. The molecule has 1 fully saturated rings. The third-order valence-electron chi connectivity index (χ3n) is 4.96.